The van der Waals surface area contributed by atoms with Crippen LogP contribution in [0.4, 0.5) is 5.69 Å². The van der Waals surface area contributed by atoms with Crippen LogP contribution in [0.3, 0.4) is 0 Å². The number of hydrogen-bond donors (Lipinski definition) is 1. The molecule has 0 radical (unpaired) electrons. The summed E-state index contributed by atoms with van der Waals surface area (Å²) < 4.78 is 0. The Bertz CT molecular complexity index is 507. The molecular formula is C17H25N3S. The van der Waals surface area contributed by atoms with Gasteiger partial charge in [0, 0.05) is 24.0 Å². The van der Waals surface area contributed by atoms with Gasteiger partial charge in [-0.05, 0) is 43.7 Å². The summed E-state index contributed by atoms with van der Waals surface area (Å²) in [6, 6.07) is 9.13. The Labute approximate surface area is 132 Å². The summed E-state index contributed by atoms with van der Waals surface area (Å²) >= 11 is 1.65. The molecule has 0 aliphatic carbocycles. The molecule has 1 aliphatic heterocycles. The smallest absolute Gasteiger partial charge is 0.103 e. The summed E-state index contributed by atoms with van der Waals surface area (Å²) in [7, 11) is 0. The van der Waals surface area contributed by atoms with Gasteiger partial charge in [-0.2, -0.15) is 5.26 Å². The molecule has 1 atom stereocenters. The van der Waals surface area contributed by atoms with Gasteiger partial charge in [0.05, 0.1) is 11.3 Å². The fourth-order valence-electron chi connectivity index (χ4n) is 2.92. The van der Waals surface area contributed by atoms with E-state index in [0.717, 1.165) is 35.8 Å². The first-order valence-electron chi connectivity index (χ1n) is 7.71. The number of benzene rings is 1. The fourth-order valence-corrected chi connectivity index (χ4v) is 3.49. The van der Waals surface area contributed by atoms with Crippen molar-refractivity contribution in [2.45, 2.75) is 37.6 Å². The zero-order valence-electron chi connectivity index (χ0n) is 13.2. The SMILES string of the molecule is CSc1cccc(N2CCCC(CNC(C)C)C2)c1C#N. The summed E-state index contributed by atoms with van der Waals surface area (Å²) in [6.45, 7) is 7.56. The van der Waals surface area contributed by atoms with Gasteiger partial charge >= 0.3 is 0 Å². The van der Waals surface area contributed by atoms with E-state index in [1.165, 1.54) is 12.8 Å². The molecule has 1 saturated heterocycles. The van der Waals surface area contributed by atoms with Crippen LogP contribution < -0.4 is 10.2 Å². The molecule has 4 heteroatoms. The van der Waals surface area contributed by atoms with Crippen LogP contribution in [0.1, 0.15) is 32.3 Å². The maximum absolute atomic E-state index is 9.50. The zero-order valence-corrected chi connectivity index (χ0v) is 14.0. The van der Waals surface area contributed by atoms with E-state index in [0.29, 0.717) is 12.0 Å². The van der Waals surface area contributed by atoms with E-state index >= 15 is 0 Å². The van der Waals surface area contributed by atoms with Gasteiger partial charge < -0.3 is 10.2 Å². The van der Waals surface area contributed by atoms with Gasteiger partial charge in [-0.3, -0.25) is 0 Å². The Morgan fingerprint density at radius 1 is 1.48 bits per heavy atom. The summed E-state index contributed by atoms with van der Waals surface area (Å²) in [4.78, 5) is 3.48. The van der Waals surface area contributed by atoms with Crippen LogP contribution in [-0.4, -0.2) is 31.9 Å². The molecule has 1 N–H and O–H groups in total. The molecule has 1 fully saturated rings. The predicted octanol–water partition coefficient (Wildman–Crippen LogP) is 3.49. The van der Waals surface area contributed by atoms with E-state index < -0.39 is 0 Å². The Morgan fingerprint density at radius 3 is 2.95 bits per heavy atom. The Hall–Kier alpha value is -1.18. The number of rotatable bonds is 5. The Kier molecular flexibility index (Phi) is 5.96. The molecule has 1 heterocycles. The van der Waals surface area contributed by atoms with Crippen molar-refractivity contribution in [1.29, 1.82) is 5.26 Å². The lowest BCUT2D eigenvalue weighted by molar-refractivity contribution is 0.379. The van der Waals surface area contributed by atoms with Gasteiger partial charge in [0.1, 0.15) is 6.07 Å². The van der Waals surface area contributed by atoms with Crippen molar-refractivity contribution in [3.05, 3.63) is 23.8 Å². The third kappa shape index (κ3) is 4.15. The van der Waals surface area contributed by atoms with Gasteiger partial charge in [-0.1, -0.05) is 19.9 Å². The monoisotopic (exact) mass is 303 g/mol. The number of nitriles is 1. The Balaban J connectivity index is 2.13. The van der Waals surface area contributed by atoms with Crippen LogP contribution in [0.25, 0.3) is 0 Å². The van der Waals surface area contributed by atoms with Crippen molar-refractivity contribution in [2.24, 2.45) is 5.92 Å². The second-order valence-electron chi connectivity index (χ2n) is 5.98. The number of nitrogens with one attached hydrogen (secondary N) is 1. The second-order valence-corrected chi connectivity index (χ2v) is 6.83. The van der Waals surface area contributed by atoms with Crippen molar-refractivity contribution in [2.75, 3.05) is 30.8 Å². The van der Waals surface area contributed by atoms with Gasteiger partial charge in [0.25, 0.3) is 0 Å². The quantitative estimate of drug-likeness (QED) is 0.845. The lowest BCUT2D eigenvalue weighted by atomic mass is 9.96. The predicted molar refractivity (Wildman–Crippen MR) is 91.0 cm³/mol. The molecule has 1 aromatic rings. The van der Waals surface area contributed by atoms with E-state index in [4.69, 9.17) is 0 Å². The lowest BCUT2D eigenvalue weighted by Gasteiger charge is -2.35. The molecule has 0 amide bonds. The second kappa shape index (κ2) is 7.72. The molecule has 1 aromatic carbocycles. The maximum atomic E-state index is 9.50. The summed E-state index contributed by atoms with van der Waals surface area (Å²) in [5.74, 6) is 0.672. The van der Waals surface area contributed by atoms with Crippen LogP contribution in [0.15, 0.2) is 23.1 Å². The highest BCUT2D eigenvalue weighted by atomic mass is 32.2. The first kappa shape index (κ1) is 16.2. The van der Waals surface area contributed by atoms with Crippen LogP contribution >= 0.6 is 11.8 Å². The normalized spacial score (nSPS) is 18.8. The van der Waals surface area contributed by atoms with Crippen molar-refractivity contribution < 1.29 is 0 Å². The largest absolute Gasteiger partial charge is 0.370 e. The summed E-state index contributed by atoms with van der Waals surface area (Å²) in [5.41, 5.74) is 1.95. The van der Waals surface area contributed by atoms with Crippen LogP contribution in [0.5, 0.6) is 0 Å². The molecule has 3 nitrogen and oxygen atoms in total. The molecule has 2 rings (SSSR count). The van der Waals surface area contributed by atoms with Crippen LogP contribution in [0, 0.1) is 17.2 Å². The number of hydrogen-bond acceptors (Lipinski definition) is 4. The van der Waals surface area contributed by atoms with Gasteiger partial charge in [-0.25, -0.2) is 0 Å². The molecular weight excluding hydrogens is 278 g/mol. The van der Waals surface area contributed by atoms with E-state index in [1.807, 2.05) is 12.3 Å². The lowest BCUT2D eigenvalue weighted by Crippen LogP contribution is -2.41. The molecule has 114 valence electrons. The van der Waals surface area contributed by atoms with E-state index in [2.05, 4.69) is 42.3 Å². The summed E-state index contributed by atoms with van der Waals surface area (Å²) in [5, 5.41) is 13.0. The third-order valence-corrected chi connectivity index (χ3v) is 4.79. The topological polar surface area (TPSA) is 39.1 Å². The number of anilines is 1. The average molecular weight is 303 g/mol. The number of thioether (sulfide) groups is 1. The fraction of sp³-hybridized carbons (Fsp3) is 0.588. The minimum absolute atomic E-state index is 0.537. The minimum atomic E-state index is 0.537. The molecule has 0 saturated carbocycles. The zero-order chi connectivity index (χ0) is 15.2. The maximum Gasteiger partial charge on any atom is 0.103 e. The molecule has 1 unspecified atom stereocenters. The van der Waals surface area contributed by atoms with Crippen LogP contribution in [-0.2, 0) is 0 Å². The van der Waals surface area contributed by atoms with Gasteiger partial charge in [0.2, 0.25) is 0 Å². The van der Waals surface area contributed by atoms with Crippen molar-refractivity contribution in [3.8, 4) is 6.07 Å². The number of piperidine rings is 1. The molecule has 0 aromatic heterocycles. The van der Waals surface area contributed by atoms with E-state index in [1.54, 1.807) is 11.8 Å². The highest BCUT2D eigenvalue weighted by Gasteiger charge is 2.22. The highest BCUT2D eigenvalue weighted by molar-refractivity contribution is 7.98. The van der Waals surface area contributed by atoms with Crippen molar-refractivity contribution in [1.82, 2.24) is 5.32 Å². The highest BCUT2D eigenvalue weighted by Crippen LogP contribution is 2.31. The first-order valence-corrected chi connectivity index (χ1v) is 8.93. The molecule has 21 heavy (non-hydrogen) atoms. The molecule has 1 aliphatic rings. The van der Waals surface area contributed by atoms with E-state index in [9.17, 15) is 5.26 Å². The van der Waals surface area contributed by atoms with Crippen molar-refractivity contribution >= 4 is 17.4 Å². The molecule has 0 spiro atoms. The van der Waals surface area contributed by atoms with Crippen LogP contribution in [0.2, 0.25) is 0 Å². The van der Waals surface area contributed by atoms with Gasteiger partial charge in [-0.15, -0.1) is 11.8 Å². The third-order valence-electron chi connectivity index (χ3n) is 4.01. The minimum Gasteiger partial charge on any atom is -0.370 e. The Morgan fingerprint density at radius 2 is 2.29 bits per heavy atom. The average Bonchev–Trinajstić information content (AvgIpc) is 2.52. The molecule has 0 bridgehead atoms. The standard InChI is InChI=1S/C17H25N3S/c1-13(2)19-11-14-6-5-9-20(12-14)16-7-4-8-17(21-3)15(16)10-18/h4,7-8,13-14,19H,5-6,9,11-12H2,1-3H3. The summed E-state index contributed by atoms with van der Waals surface area (Å²) in [6.07, 6.45) is 4.52. The first-order chi connectivity index (χ1) is 10.2. The van der Waals surface area contributed by atoms with Crippen molar-refractivity contribution in [3.63, 3.8) is 0 Å². The number of nitrogens with zero attached hydrogens (tertiary/aromatic N) is 2. The van der Waals surface area contributed by atoms with Gasteiger partial charge in [0.15, 0.2) is 0 Å². The van der Waals surface area contributed by atoms with E-state index in [-0.39, 0.29) is 0 Å².